The lowest BCUT2D eigenvalue weighted by Gasteiger charge is -2.32. The Kier molecular flexibility index (Phi) is 3.56. The van der Waals surface area contributed by atoms with Gasteiger partial charge in [0.05, 0.1) is 0 Å². The van der Waals surface area contributed by atoms with Crippen LogP contribution in [0.5, 0.6) is 0 Å². The summed E-state index contributed by atoms with van der Waals surface area (Å²) in [6.07, 6.45) is 5.82. The van der Waals surface area contributed by atoms with Crippen LogP contribution in [-0.2, 0) is 0 Å². The Morgan fingerprint density at radius 3 is 2.94 bits per heavy atom. The Morgan fingerprint density at radius 1 is 1.56 bits per heavy atom. The topological polar surface area (TPSA) is 67.1 Å². The maximum Gasteiger partial charge on any atom is 0.239 e. The third-order valence-electron chi connectivity index (χ3n) is 3.18. The molecule has 0 aromatic carbocycles. The molecule has 88 valence electrons. The van der Waals surface area contributed by atoms with Crippen LogP contribution in [-0.4, -0.2) is 23.1 Å². The molecule has 0 radical (unpaired) electrons. The van der Waals surface area contributed by atoms with Gasteiger partial charge >= 0.3 is 0 Å². The lowest BCUT2D eigenvalue weighted by atomic mass is 9.85. The molecule has 0 bridgehead atoms. The van der Waals surface area contributed by atoms with Crippen molar-refractivity contribution in [2.24, 2.45) is 11.8 Å². The minimum atomic E-state index is 0.476. The van der Waals surface area contributed by atoms with E-state index in [1.54, 1.807) is 6.20 Å². The van der Waals surface area contributed by atoms with E-state index in [4.69, 9.17) is 5.84 Å². The summed E-state index contributed by atoms with van der Waals surface area (Å²) in [6.45, 7) is 4.21. The predicted octanol–water partition coefficient (Wildman–Crippen LogP) is 1.39. The summed E-state index contributed by atoms with van der Waals surface area (Å²) in [5.41, 5.74) is 2.48. The van der Waals surface area contributed by atoms with Crippen LogP contribution in [0.3, 0.4) is 0 Å². The molecule has 0 aliphatic heterocycles. The maximum atomic E-state index is 5.31. The number of nitrogens with one attached hydrogen (secondary N) is 1. The molecule has 1 fully saturated rings. The first kappa shape index (κ1) is 11.1. The Morgan fingerprint density at radius 2 is 2.38 bits per heavy atom. The van der Waals surface area contributed by atoms with Gasteiger partial charge in [-0.05, 0) is 31.7 Å². The van der Waals surface area contributed by atoms with Crippen molar-refractivity contribution in [3.05, 3.63) is 12.3 Å². The van der Waals surface area contributed by atoms with E-state index in [0.29, 0.717) is 5.95 Å². The van der Waals surface area contributed by atoms with Crippen molar-refractivity contribution in [1.82, 2.24) is 9.97 Å². The van der Waals surface area contributed by atoms with E-state index in [1.165, 1.54) is 19.3 Å². The van der Waals surface area contributed by atoms with Crippen LogP contribution < -0.4 is 16.2 Å². The van der Waals surface area contributed by atoms with Gasteiger partial charge in [-0.1, -0.05) is 6.42 Å². The molecule has 0 spiro atoms. The SMILES string of the molecule is CCN(CC1CCC1)c1ccnc(NN)n1. The highest BCUT2D eigenvalue weighted by atomic mass is 15.3. The first-order valence-corrected chi connectivity index (χ1v) is 5.88. The summed E-state index contributed by atoms with van der Waals surface area (Å²) < 4.78 is 0. The van der Waals surface area contributed by atoms with Gasteiger partial charge in [0.2, 0.25) is 5.95 Å². The molecule has 16 heavy (non-hydrogen) atoms. The summed E-state index contributed by atoms with van der Waals surface area (Å²) in [5, 5.41) is 0. The number of hydrogen-bond donors (Lipinski definition) is 2. The molecule has 1 heterocycles. The zero-order valence-electron chi connectivity index (χ0n) is 9.69. The van der Waals surface area contributed by atoms with Gasteiger partial charge in [-0.25, -0.2) is 10.8 Å². The van der Waals surface area contributed by atoms with Gasteiger partial charge in [-0.3, -0.25) is 5.43 Å². The summed E-state index contributed by atoms with van der Waals surface area (Å²) >= 11 is 0. The Hall–Kier alpha value is -1.36. The van der Waals surface area contributed by atoms with Crippen molar-refractivity contribution < 1.29 is 0 Å². The number of aromatic nitrogens is 2. The lowest BCUT2D eigenvalue weighted by molar-refractivity contribution is 0.318. The molecule has 5 nitrogen and oxygen atoms in total. The zero-order chi connectivity index (χ0) is 11.4. The zero-order valence-corrected chi connectivity index (χ0v) is 9.69. The molecular formula is C11H19N5. The smallest absolute Gasteiger partial charge is 0.239 e. The van der Waals surface area contributed by atoms with Gasteiger partial charge < -0.3 is 4.90 Å². The Labute approximate surface area is 96.0 Å². The Bertz CT molecular complexity index is 337. The minimum Gasteiger partial charge on any atom is -0.356 e. The average molecular weight is 221 g/mol. The molecular weight excluding hydrogens is 202 g/mol. The fourth-order valence-corrected chi connectivity index (χ4v) is 1.97. The summed E-state index contributed by atoms with van der Waals surface area (Å²) in [7, 11) is 0. The van der Waals surface area contributed by atoms with E-state index in [9.17, 15) is 0 Å². The summed E-state index contributed by atoms with van der Waals surface area (Å²) in [6, 6.07) is 1.93. The molecule has 1 aliphatic rings. The second-order valence-corrected chi connectivity index (χ2v) is 4.22. The van der Waals surface area contributed by atoms with Gasteiger partial charge in [0, 0.05) is 19.3 Å². The third-order valence-corrected chi connectivity index (χ3v) is 3.18. The van der Waals surface area contributed by atoms with E-state index >= 15 is 0 Å². The number of rotatable bonds is 5. The van der Waals surface area contributed by atoms with Crippen LogP contribution in [0.4, 0.5) is 11.8 Å². The van der Waals surface area contributed by atoms with Crippen LogP contribution in [0.25, 0.3) is 0 Å². The monoisotopic (exact) mass is 221 g/mol. The van der Waals surface area contributed by atoms with Gasteiger partial charge in [-0.15, -0.1) is 0 Å². The van der Waals surface area contributed by atoms with Gasteiger partial charge in [0.15, 0.2) is 0 Å². The number of hydrogen-bond acceptors (Lipinski definition) is 5. The van der Waals surface area contributed by atoms with Crippen LogP contribution >= 0.6 is 0 Å². The number of nitrogens with two attached hydrogens (primary N) is 1. The molecule has 5 heteroatoms. The fourth-order valence-electron chi connectivity index (χ4n) is 1.97. The molecule has 2 rings (SSSR count). The number of hydrazine groups is 1. The van der Waals surface area contributed by atoms with Crippen LogP contribution in [0, 0.1) is 5.92 Å². The molecule has 3 N–H and O–H groups in total. The lowest BCUT2D eigenvalue weighted by Crippen LogP contribution is -2.33. The van der Waals surface area contributed by atoms with E-state index in [1.807, 2.05) is 6.07 Å². The molecule has 1 aliphatic carbocycles. The molecule has 0 saturated heterocycles. The van der Waals surface area contributed by atoms with E-state index < -0.39 is 0 Å². The molecule has 1 aromatic rings. The first-order valence-electron chi connectivity index (χ1n) is 5.88. The van der Waals surface area contributed by atoms with Crippen molar-refractivity contribution in [2.45, 2.75) is 26.2 Å². The highest BCUT2D eigenvalue weighted by Gasteiger charge is 2.20. The van der Waals surface area contributed by atoms with Crippen molar-refractivity contribution >= 4 is 11.8 Å². The van der Waals surface area contributed by atoms with Crippen molar-refractivity contribution in [3.8, 4) is 0 Å². The molecule has 0 atom stereocenters. The molecule has 0 amide bonds. The van der Waals surface area contributed by atoms with Crippen LogP contribution in [0.15, 0.2) is 12.3 Å². The second-order valence-electron chi connectivity index (χ2n) is 4.22. The quantitative estimate of drug-likeness (QED) is 0.581. The molecule has 1 aromatic heterocycles. The van der Waals surface area contributed by atoms with Crippen molar-refractivity contribution in [3.63, 3.8) is 0 Å². The van der Waals surface area contributed by atoms with Gasteiger partial charge in [0.1, 0.15) is 5.82 Å². The fraction of sp³-hybridized carbons (Fsp3) is 0.636. The molecule has 0 unspecified atom stereocenters. The maximum absolute atomic E-state index is 5.31. The van der Waals surface area contributed by atoms with Crippen LogP contribution in [0.2, 0.25) is 0 Å². The minimum absolute atomic E-state index is 0.476. The van der Waals surface area contributed by atoms with Crippen LogP contribution in [0.1, 0.15) is 26.2 Å². The van der Waals surface area contributed by atoms with Crippen molar-refractivity contribution in [2.75, 3.05) is 23.4 Å². The van der Waals surface area contributed by atoms with Gasteiger partial charge in [-0.2, -0.15) is 4.98 Å². The first-order chi connectivity index (χ1) is 7.83. The highest BCUT2D eigenvalue weighted by molar-refractivity contribution is 5.41. The summed E-state index contributed by atoms with van der Waals surface area (Å²) in [5.74, 6) is 7.57. The standard InChI is InChI=1S/C11H19N5/c1-2-16(8-9-4-3-5-9)10-6-7-13-11(14-10)15-12/h6-7,9H,2-5,8,12H2,1H3,(H,13,14,15). The van der Waals surface area contributed by atoms with E-state index in [-0.39, 0.29) is 0 Å². The van der Waals surface area contributed by atoms with E-state index in [2.05, 4.69) is 27.2 Å². The third kappa shape index (κ3) is 2.41. The average Bonchev–Trinajstić information content (AvgIpc) is 2.28. The summed E-state index contributed by atoms with van der Waals surface area (Å²) in [4.78, 5) is 10.7. The van der Waals surface area contributed by atoms with Gasteiger partial charge in [0.25, 0.3) is 0 Å². The Balaban J connectivity index is 2.05. The largest absolute Gasteiger partial charge is 0.356 e. The second kappa shape index (κ2) is 5.12. The number of nitrogen functional groups attached to an aromatic ring is 1. The number of anilines is 2. The van der Waals surface area contributed by atoms with E-state index in [0.717, 1.165) is 24.8 Å². The molecule has 1 saturated carbocycles. The predicted molar refractivity (Wildman–Crippen MR) is 65.1 cm³/mol. The highest BCUT2D eigenvalue weighted by Crippen LogP contribution is 2.28. The number of nitrogens with zero attached hydrogens (tertiary/aromatic N) is 3. The normalized spacial score (nSPS) is 15.6. The van der Waals surface area contributed by atoms with Crippen molar-refractivity contribution in [1.29, 1.82) is 0 Å².